The molecule has 0 bridgehead atoms. The van der Waals surface area contributed by atoms with Crippen LogP contribution in [0.1, 0.15) is 12.0 Å². The molecule has 3 rings (SSSR count). The van der Waals surface area contributed by atoms with Crippen LogP contribution in [-0.4, -0.2) is 16.1 Å². The van der Waals surface area contributed by atoms with E-state index in [2.05, 4.69) is 29.4 Å². The zero-order valence-electron chi connectivity index (χ0n) is 10.4. The second-order valence-corrected chi connectivity index (χ2v) is 4.60. The van der Waals surface area contributed by atoms with Crippen LogP contribution >= 0.6 is 0 Å². The Bertz CT molecular complexity index is 642. The summed E-state index contributed by atoms with van der Waals surface area (Å²) in [6.07, 6.45) is 1.05. The number of benzene rings is 1. The van der Waals surface area contributed by atoms with Crippen molar-refractivity contribution in [3.8, 4) is 11.3 Å². The van der Waals surface area contributed by atoms with Gasteiger partial charge in [-0.15, -0.1) is 0 Å². The van der Waals surface area contributed by atoms with E-state index in [1.54, 1.807) is 0 Å². The van der Waals surface area contributed by atoms with Crippen molar-refractivity contribution < 1.29 is 0 Å². The first kappa shape index (κ1) is 11.0. The van der Waals surface area contributed by atoms with Gasteiger partial charge in [-0.1, -0.05) is 24.3 Å². The van der Waals surface area contributed by atoms with Gasteiger partial charge in [0.1, 0.15) is 5.49 Å². The van der Waals surface area contributed by atoms with Gasteiger partial charge in [-0.05, 0) is 18.9 Å². The summed E-state index contributed by atoms with van der Waals surface area (Å²) >= 11 is 0. The van der Waals surface area contributed by atoms with E-state index >= 15 is 0 Å². The van der Waals surface area contributed by atoms with Crippen LogP contribution in [0.5, 0.6) is 0 Å². The molecule has 2 aromatic rings. The summed E-state index contributed by atoms with van der Waals surface area (Å²) < 4.78 is 1.92. The molecular weight excluding hydrogens is 224 g/mol. The maximum Gasteiger partial charge on any atom is 0.204 e. The van der Waals surface area contributed by atoms with Gasteiger partial charge in [-0.25, -0.2) is 4.98 Å². The van der Waals surface area contributed by atoms with Crippen molar-refractivity contribution in [3.05, 3.63) is 41.4 Å². The summed E-state index contributed by atoms with van der Waals surface area (Å²) in [5, 5.41) is 11.4. The molecule has 0 spiro atoms. The Morgan fingerprint density at radius 3 is 3.00 bits per heavy atom. The molecule has 0 saturated carbocycles. The van der Waals surface area contributed by atoms with E-state index in [-0.39, 0.29) is 0 Å². The lowest BCUT2D eigenvalue weighted by Gasteiger charge is -2.20. The predicted molar refractivity (Wildman–Crippen MR) is 71.4 cm³/mol. The van der Waals surface area contributed by atoms with Crippen LogP contribution in [-0.2, 0) is 6.54 Å². The first-order chi connectivity index (χ1) is 8.75. The number of hydrogen-bond acceptors (Lipinski definition) is 3. The molecule has 0 atom stereocenters. The molecule has 1 aromatic heterocycles. The van der Waals surface area contributed by atoms with E-state index in [0.29, 0.717) is 5.49 Å². The fourth-order valence-electron chi connectivity index (χ4n) is 2.33. The molecule has 0 radical (unpaired) electrons. The van der Waals surface area contributed by atoms with Crippen molar-refractivity contribution in [1.29, 1.82) is 5.41 Å². The van der Waals surface area contributed by atoms with E-state index in [0.717, 1.165) is 36.7 Å². The van der Waals surface area contributed by atoms with E-state index in [1.165, 1.54) is 5.56 Å². The fourth-order valence-corrected chi connectivity index (χ4v) is 2.33. The standard InChI is InChI=1S/C14H16N4/c1-10-5-2-3-6-11(10)12-9-13(15)18-8-4-7-16-14(18)17-12/h2-3,5-6,9,15H,4,7-8H2,1H3,(H,16,17). The van der Waals surface area contributed by atoms with Crippen molar-refractivity contribution in [2.24, 2.45) is 0 Å². The smallest absolute Gasteiger partial charge is 0.204 e. The summed E-state index contributed by atoms with van der Waals surface area (Å²) in [5.41, 5.74) is 3.68. The highest BCUT2D eigenvalue weighted by Crippen LogP contribution is 2.21. The molecule has 4 heteroatoms. The van der Waals surface area contributed by atoms with Gasteiger partial charge in [0.2, 0.25) is 5.95 Å². The molecule has 0 aliphatic carbocycles. The molecule has 0 unspecified atom stereocenters. The summed E-state index contributed by atoms with van der Waals surface area (Å²) in [4.78, 5) is 4.64. The molecule has 1 aromatic carbocycles. The maximum atomic E-state index is 8.09. The number of rotatable bonds is 1. The third kappa shape index (κ3) is 1.79. The average Bonchev–Trinajstić information content (AvgIpc) is 2.39. The minimum Gasteiger partial charge on any atom is -0.356 e. The van der Waals surface area contributed by atoms with Crippen LogP contribution in [0.2, 0.25) is 0 Å². The summed E-state index contributed by atoms with van der Waals surface area (Å²) in [6.45, 7) is 3.88. The monoisotopic (exact) mass is 240 g/mol. The van der Waals surface area contributed by atoms with Crippen LogP contribution in [0, 0.1) is 12.3 Å². The van der Waals surface area contributed by atoms with Crippen LogP contribution in [0.25, 0.3) is 11.3 Å². The Balaban J connectivity index is 2.17. The number of anilines is 1. The second-order valence-electron chi connectivity index (χ2n) is 4.60. The lowest BCUT2D eigenvalue weighted by molar-refractivity contribution is 0.584. The van der Waals surface area contributed by atoms with Gasteiger partial charge in [0, 0.05) is 24.7 Å². The van der Waals surface area contributed by atoms with Crippen LogP contribution in [0.15, 0.2) is 30.3 Å². The molecule has 0 saturated heterocycles. The minimum atomic E-state index is 0.519. The lowest BCUT2D eigenvalue weighted by Crippen LogP contribution is -2.30. The highest BCUT2D eigenvalue weighted by molar-refractivity contribution is 5.64. The Labute approximate surface area is 106 Å². The molecule has 4 nitrogen and oxygen atoms in total. The van der Waals surface area contributed by atoms with Crippen molar-refractivity contribution >= 4 is 5.95 Å². The topological polar surface area (TPSA) is 53.7 Å². The van der Waals surface area contributed by atoms with Crippen molar-refractivity contribution in [3.63, 3.8) is 0 Å². The molecule has 1 aliphatic heterocycles. The van der Waals surface area contributed by atoms with Gasteiger partial charge < -0.3 is 5.32 Å². The Kier molecular flexibility index (Phi) is 2.63. The van der Waals surface area contributed by atoms with Gasteiger partial charge in [0.15, 0.2) is 0 Å². The quantitative estimate of drug-likeness (QED) is 0.802. The number of fused-ring (bicyclic) bond motifs is 1. The van der Waals surface area contributed by atoms with Gasteiger partial charge in [0.25, 0.3) is 0 Å². The van der Waals surface area contributed by atoms with Gasteiger partial charge in [-0.3, -0.25) is 9.98 Å². The molecular formula is C14H16N4. The fraction of sp³-hybridized carbons (Fsp3) is 0.286. The van der Waals surface area contributed by atoms with Crippen LogP contribution in [0.3, 0.4) is 0 Å². The Hall–Kier alpha value is -2.10. The summed E-state index contributed by atoms with van der Waals surface area (Å²) in [5.74, 6) is 0.812. The zero-order chi connectivity index (χ0) is 12.5. The summed E-state index contributed by atoms with van der Waals surface area (Å²) in [6, 6.07) is 10.00. The maximum absolute atomic E-state index is 8.09. The number of hydrogen-bond donors (Lipinski definition) is 2. The summed E-state index contributed by atoms with van der Waals surface area (Å²) in [7, 11) is 0. The van der Waals surface area contributed by atoms with Crippen LogP contribution < -0.4 is 10.8 Å². The third-order valence-electron chi connectivity index (χ3n) is 3.31. The highest BCUT2D eigenvalue weighted by Gasteiger charge is 2.12. The molecule has 92 valence electrons. The highest BCUT2D eigenvalue weighted by atomic mass is 15.2. The molecule has 18 heavy (non-hydrogen) atoms. The SMILES string of the molecule is Cc1ccccc1-c1cc(=N)n2c(n1)NCCC2. The molecule has 1 aliphatic rings. The van der Waals surface area contributed by atoms with Gasteiger partial charge in [0.05, 0.1) is 5.69 Å². The molecule has 0 amide bonds. The van der Waals surface area contributed by atoms with Crippen molar-refractivity contribution in [2.75, 3.05) is 11.9 Å². The number of aryl methyl sites for hydroxylation is 1. The van der Waals surface area contributed by atoms with E-state index < -0.39 is 0 Å². The second kappa shape index (κ2) is 4.29. The first-order valence-electron chi connectivity index (χ1n) is 6.22. The van der Waals surface area contributed by atoms with Gasteiger partial charge in [-0.2, -0.15) is 0 Å². The van der Waals surface area contributed by atoms with E-state index in [4.69, 9.17) is 5.41 Å². The molecule has 2 N–H and O–H groups in total. The minimum absolute atomic E-state index is 0.519. The van der Waals surface area contributed by atoms with Crippen LogP contribution in [0.4, 0.5) is 5.95 Å². The number of nitrogens with zero attached hydrogens (tertiary/aromatic N) is 2. The molecule has 0 fully saturated rings. The number of aromatic nitrogens is 2. The van der Waals surface area contributed by atoms with E-state index in [9.17, 15) is 0 Å². The Morgan fingerprint density at radius 1 is 1.33 bits per heavy atom. The average molecular weight is 240 g/mol. The van der Waals surface area contributed by atoms with E-state index in [1.807, 2.05) is 22.8 Å². The lowest BCUT2D eigenvalue weighted by atomic mass is 10.1. The Morgan fingerprint density at radius 2 is 2.17 bits per heavy atom. The normalized spacial score (nSPS) is 13.8. The van der Waals surface area contributed by atoms with Crippen molar-refractivity contribution in [1.82, 2.24) is 9.55 Å². The molecule has 2 heterocycles. The predicted octanol–water partition coefficient (Wildman–Crippen LogP) is 2.15. The third-order valence-corrected chi connectivity index (χ3v) is 3.31. The first-order valence-corrected chi connectivity index (χ1v) is 6.22. The van der Waals surface area contributed by atoms with Gasteiger partial charge >= 0.3 is 0 Å². The number of nitrogens with one attached hydrogen (secondary N) is 2. The van der Waals surface area contributed by atoms with Crippen molar-refractivity contribution in [2.45, 2.75) is 19.9 Å². The largest absolute Gasteiger partial charge is 0.356 e. The zero-order valence-corrected chi connectivity index (χ0v) is 10.4.